The minimum absolute atomic E-state index is 0.0235. The number of piperazine rings is 1. The van der Waals surface area contributed by atoms with E-state index in [2.05, 4.69) is 27.6 Å². The Balaban J connectivity index is 1.63. The summed E-state index contributed by atoms with van der Waals surface area (Å²) in [5.41, 5.74) is 0.967. The highest BCUT2D eigenvalue weighted by atomic mass is 35.5. The van der Waals surface area contributed by atoms with Crippen molar-refractivity contribution in [1.82, 2.24) is 20.0 Å². The average molecular weight is 348 g/mol. The molecule has 0 aliphatic carbocycles. The molecule has 2 heterocycles. The summed E-state index contributed by atoms with van der Waals surface area (Å²) in [5, 5.41) is 11.3. The molecule has 1 fully saturated rings. The summed E-state index contributed by atoms with van der Waals surface area (Å²) < 4.78 is 1.75. The summed E-state index contributed by atoms with van der Waals surface area (Å²) in [6, 6.07) is 9.80. The van der Waals surface area contributed by atoms with E-state index in [0.717, 1.165) is 25.2 Å². The standard InChI is InChI=1S/C17H22ClN5O/c1-13-10-19-8-9-22(13)12-17(24)21-16-6-7-20-23(16)11-14-4-2-3-5-15(14)18/h2-7,13,19H,8-12H2,1H3,(H,21,24)/t13-/m1/s1. The molecular formula is C17H22ClN5O. The lowest BCUT2D eigenvalue weighted by molar-refractivity contribution is -0.118. The molecule has 6 nitrogen and oxygen atoms in total. The van der Waals surface area contributed by atoms with E-state index in [4.69, 9.17) is 11.6 Å². The number of carbonyl (C=O) groups excluding carboxylic acids is 1. The Morgan fingerprint density at radius 3 is 3.04 bits per heavy atom. The van der Waals surface area contributed by atoms with Crippen molar-refractivity contribution in [3.63, 3.8) is 0 Å². The maximum atomic E-state index is 12.4. The molecule has 0 unspecified atom stereocenters. The van der Waals surface area contributed by atoms with Crippen LogP contribution in [0.5, 0.6) is 0 Å². The molecule has 1 aliphatic heterocycles. The van der Waals surface area contributed by atoms with Crippen LogP contribution in [0.4, 0.5) is 5.82 Å². The number of hydrogen-bond donors (Lipinski definition) is 2. The van der Waals surface area contributed by atoms with Gasteiger partial charge in [-0.1, -0.05) is 29.8 Å². The molecule has 1 aliphatic rings. The number of aromatic nitrogens is 2. The van der Waals surface area contributed by atoms with Crippen molar-refractivity contribution in [2.75, 3.05) is 31.5 Å². The van der Waals surface area contributed by atoms with Gasteiger partial charge >= 0.3 is 0 Å². The number of amides is 1. The number of hydrogen-bond acceptors (Lipinski definition) is 4. The van der Waals surface area contributed by atoms with Gasteiger partial charge in [0.2, 0.25) is 5.91 Å². The predicted octanol–water partition coefficient (Wildman–Crippen LogP) is 1.82. The Labute approximate surface area is 146 Å². The third-order valence-corrected chi connectivity index (χ3v) is 4.62. The molecule has 2 N–H and O–H groups in total. The minimum atomic E-state index is -0.0235. The largest absolute Gasteiger partial charge is 0.314 e. The third kappa shape index (κ3) is 4.14. The van der Waals surface area contributed by atoms with Crippen LogP contribution in [-0.2, 0) is 11.3 Å². The van der Waals surface area contributed by atoms with E-state index in [9.17, 15) is 4.79 Å². The highest BCUT2D eigenvalue weighted by Crippen LogP contribution is 2.18. The SMILES string of the molecule is C[C@@H]1CNCCN1CC(=O)Nc1ccnn1Cc1ccccc1Cl. The zero-order valence-electron chi connectivity index (χ0n) is 13.7. The van der Waals surface area contributed by atoms with Crippen LogP contribution >= 0.6 is 11.6 Å². The zero-order valence-corrected chi connectivity index (χ0v) is 14.5. The van der Waals surface area contributed by atoms with Crippen molar-refractivity contribution in [2.24, 2.45) is 0 Å². The summed E-state index contributed by atoms with van der Waals surface area (Å²) in [6.07, 6.45) is 1.68. The number of rotatable bonds is 5. The summed E-state index contributed by atoms with van der Waals surface area (Å²) in [5.74, 6) is 0.660. The van der Waals surface area contributed by atoms with Crippen molar-refractivity contribution in [3.8, 4) is 0 Å². The minimum Gasteiger partial charge on any atom is -0.314 e. The van der Waals surface area contributed by atoms with Crippen molar-refractivity contribution < 1.29 is 4.79 Å². The van der Waals surface area contributed by atoms with Gasteiger partial charge in [-0.15, -0.1) is 0 Å². The fourth-order valence-corrected chi connectivity index (χ4v) is 3.03. The van der Waals surface area contributed by atoms with E-state index in [1.54, 1.807) is 16.9 Å². The molecule has 128 valence electrons. The number of carbonyl (C=O) groups is 1. The molecule has 1 aromatic heterocycles. The van der Waals surface area contributed by atoms with E-state index < -0.39 is 0 Å². The van der Waals surface area contributed by atoms with Crippen molar-refractivity contribution >= 4 is 23.3 Å². The summed E-state index contributed by atoms with van der Waals surface area (Å²) >= 11 is 6.20. The molecule has 7 heteroatoms. The van der Waals surface area contributed by atoms with Gasteiger partial charge in [-0.2, -0.15) is 5.10 Å². The lowest BCUT2D eigenvalue weighted by Gasteiger charge is -2.33. The van der Waals surface area contributed by atoms with Gasteiger partial charge in [-0.3, -0.25) is 9.69 Å². The van der Waals surface area contributed by atoms with Gasteiger partial charge in [0.1, 0.15) is 5.82 Å². The number of benzene rings is 1. The Hall–Kier alpha value is -1.89. The molecule has 2 aromatic rings. The van der Waals surface area contributed by atoms with Gasteiger partial charge in [0.05, 0.1) is 19.3 Å². The first kappa shape index (κ1) is 17.0. The van der Waals surface area contributed by atoms with E-state index in [-0.39, 0.29) is 5.91 Å². The van der Waals surface area contributed by atoms with Crippen molar-refractivity contribution in [3.05, 3.63) is 47.1 Å². The Morgan fingerprint density at radius 1 is 1.42 bits per heavy atom. The molecule has 1 aromatic carbocycles. The topological polar surface area (TPSA) is 62.2 Å². The molecule has 0 saturated carbocycles. The van der Waals surface area contributed by atoms with E-state index in [1.165, 1.54) is 0 Å². The van der Waals surface area contributed by atoms with Crippen LogP contribution in [0, 0.1) is 0 Å². The van der Waals surface area contributed by atoms with Gasteiger partial charge < -0.3 is 10.6 Å². The monoisotopic (exact) mass is 347 g/mol. The second kappa shape index (κ2) is 7.79. The number of halogens is 1. The quantitative estimate of drug-likeness (QED) is 0.866. The Bertz CT molecular complexity index is 702. The Morgan fingerprint density at radius 2 is 2.25 bits per heavy atom. The maximum Gasteiger partial charge on any atom is 0.239 e. The molecule has 0 bridgehead atoms. The van der Waals surface area contributed by atoms with Crippen LogP contribution in [0.1, 0.15) is 12.5 Å². The van der Waals surface area contributed by atoms with Crippen LogP contribution in [0.15, 0.2) is 36.5 Å². The molecule has 0 radical (unpaired) electrons. The fraction of sp³-hybridized carbons (Fsp3) is 0.412. The summed E-state index contributed by atoms with van der Waals surface area (Å²) in [7, 11) is 0. The fourth-order valence-electron chi connectivity index (χ4n) is 2.84. The smallest absolute Gasteiger partial charge is 0.239 e. The van der Waals surface area contributed by atoms with Crippen LogP contribution in [-0.4, -0.2) is 52.8 Å². The molecule has 1 amide bonds. The van der Waals surface area contributed by atoms with Crippen LogP contribution in [0.25, 0.3) is 0 Å². The highest BCUT2D eigenvalue weighted by Gasteiger charge is 2.20. The van der Waals surface area contributed by atoms with Crippen LogP contribution < -0.4 is 10.6 Å². The van der Waals surface area contributed by atoms with Gasteiger partial charge in [0, 0.05) is 36.8 Å². The van der Waals surface area contributed by atoms with Crippen LogP contribution in [0.2, 0.25) is 5.02 Å². The second-order valence-electron chi connectivity index (χ2n) is 6.04. The van der Waals surface area contributed by atoms with E-state index in [1.807, 2.05) is 24.3 Å². The van der Waals surface area contributed by atoms with E-state index >= 15 is 0 Å². The first-order valence-electron chi connectivity index (χ1n) is 8.13. The Kier molecular flexibility index (Phi) is 5.50. The van der Waals surface area contributed by atoms with Gasteiger partial charge in [-0.25, -0.2) is 4.68 Å². The maximum absolute atomic E-state index is 12.4. The van der Waals surface area contributed by atoms with Gasteiger partial charge in [0.15, 0.2) is 0 Å². The number of anilines is 1. The first-order valence-corrected chi connectivity index (χ1v) is 8.51. The third-order valence-electron chi connectivity index (χ3n) is 4.25. The molecule has 24 heavy (non-hydrogen) atoms. The molecule has 1 saturated heterocycles. The normalized spacial score (nSPS) is 18.5. The predicted molar refractivity (Wildman–Crippen MR) is 95.3 cm³/mol. The zero-order chi connectivity index (χ0) is 16.9. The van der Waals surface area contributed by atoms with Crippen molar-refractivity contribution in [1.29, 1.82) is 0 Å². The number of nitrogens with zero attached hydrogens (tertiary/aromatic N) is 3. The van der Waals surface area contributed by atoms with E-state index in [0.29, 0.717) is 30.0 Å². The summed E-state index contributed by atoms with van der Waals surface area (Å²) in [6.45, 7) is 5.75. The molecule has 1 atom stereocenters. The lowest BCUT2D eigenvalue weighted by Crippen LogP contribution is -2.52. The molecule has 0 spiro atoms. The highest BCUT2D eigenvalue weighted by molar-refractivity contribution is 6.31. The average Bonchev–Trinajstić information content (AvgIpc) is 2.99. The molecular weight excluding hydrogens is 326 g/mol. The summed E-state index contributed by atoms with van der Waals surface area (Å²) in [4.78, 5) is 14.5. The number of nitrogens with one attached hydrogen (secondary N) is 2. The van der Waals surface area contributed by atoms with Crippen LogP contribution in [0.3, 0.4) is 0 Å². The molecule has 3 rings (SSSR count). The van der Waals surface area contributed by atoms with Gasteiger partial charge in [-0.05, 0) is 18.6 Å². The van der Waals surface area contributed by atoms with Gasteiger partial charge in [0.25, 0.3) is 0 Å². The lowest BCUT2D eigenvalue weighted by atomic mass is 10.2. The first-order chi connectivity index (χ1) is 11.6. The van der Waals surface area contributed by atoms with Crippen molar-refractivity contribution in [2.45, 2.75) is 19.5 Å². The second-order valence-corrected chi connectivity index (χ2v) is 6.44.